The Morgan fingerprint density at radius 2 is 1.83 bits per heavy atom. The van der Waals surface area contributed by atoms with E-state index in [1.165, 1.54) is 11.3 Å². The highest BCUT2D eigenvalue weighted by molar-refractivity contribution is 7.09. The maximum atomic E-state index is 12.6. The zero-order valence-corrected chi connectivity index (χ0v) is 17.1. The number of likely N-dealkylation sites (N-methyl/N-ethyl adjacent to an activating group) is 1. The number of nitrogens with zero attached hydrogens (tertiary/aromatic N) is 3. The first-order chi connectivity index (χ1) is 14.0. The number of thiazole rings is 1. The van der Waals surface area contributed by atoms with Gasteiger partial charge in [-0.3, -0.25) is 14.5 Å². The van der Waals surface area contributed by atoms with Crippen LogP contribution in [-0.4, -0.2) is 46.8 Å². The van der Waals surface area contributed by atoms with Crippen molar-refractivity contribution in [1.82, 2.24) is 20.2 Å². The Kier molecular flexibility index (Phi) is 7.04. The van der Waals surface area contributed by atoms with Crippen molar-refractivity contribution in [2.75, 3.05) is 25.5 Å². The van der Waals surface area contributed by atoms with Gasteiger partial charge >= 0.3 is 0 Å². The topological polar surface area (TPSA) is 87.2 Å². The van der Waals surface area contributed by atoms with Crippen LogP contribution in [0.15, 0.2) is 60.2 Å². The van der Waals surface area contributed by atoms with Crippen LogP contribution in [0, 0.1) is 6.92 Å². The van der Waals surface area contributed by atoms with Crippen molar-refractivity contribution < 1.29 is 9.59 Å². The molecule has 0 spiro atoms. The molecule has 2 aromatic heterocycles. The monoisotopic (exact) mass is 409 g/mol. The molecule has 2 amide bonds. The summed E-state index contributed by atoms with van der Waals surface area (Å²) in [5.41, 5.74) is 1.97. The van der Waals surface area contributed by atoms with Gasteiger partial charge in [0.1, 0.15) is 16.9 Å². The maximum absolute atomic E-state index is 12.6. The van der Waals surface area contributed by atoms with Gasteiger partial charge in [-0.25, -0.2) is 9.97 Å². The van der Waals surface area contributed by atoms with E-state index in [2.05, 4.69) is 20.6 Å². The highest BCUT2D eigenvalue weighted by atomic mass is 32.1. The summed E-state index contributed by atoms with van der Waals surface area (Å²) in [6, 6.07) is 13.0. The van der Waals surface area contributed by atoms with Gasteiger partial charge in [0, 0.05) is 17.8 Å². The molecule has 0 bridgehead atoms. The van der Waals surface area contributed by atoms with E-state index in [1.807, 2.05) is 48.7 Å². The van der Waals surface area contributed by atoms with Crippen molar-refractivity contribution in [3.63, 3.8) is 0 Å². The van der Waals surface area contributed by atoms with Gasteiger partial charge < -0.3 is 10.6 Å². The molecule has 0 fully saturated rings. The molecule has 3 aromatic rings. The summed E-state index contributed by atoms with van der Waals surface area (Å²) in [5, 5.41) is 8.46. The van der Waals surface area contributed by atoms with Crippen LogP contribution >= 0.6 is 11.3 Å². The number of benzene rings is 1. The Morgan fingerprint density at radius 3 is 2.52 bits per heavy atom. The molecule has 2 N–H and O–H groups in total. The van der Waals surface area contributed by atoms with E-state index < -0.39 is 0 Å². The van der Waals surface area contributed by atoms with Crippen LogP contribution in [0.2, 0.25) is 0 Å². The van der Waals surface area contributed by atoms with E-state index in [4.69, 9.17) is 0 Å². The smallest absolute Gasteiger partial charge is 0.239 e. The van der Waals surface area contributed by atoms with Gasteiger partial charge in [-0.15, -0.1) is 11.3 Å². The molecule has 0 aliphatic heterocycles. The summed E-state index contributed by atoms with van der Waals surface area (Å²) in [6.45, 7) is 2.10. The Bertz CT molecular complexity index is 947. The lowest BCUT2D eigenvalue weighted by Crippen LogP contribution is -2.40. The zero-order chi connectivity index (χ0) is 20.6. The Labute approximate surface area is 173 Å². The summed E-state index contributed by atoms with van der Waals surface area (Å²) in [6.07, 6.45) is 3.36. The van der Waals surface area contributed by atoms with Gasteiger partial charge in [-0.1, -0.05) is 30.3 Å². The summed E-state index contributed by atoms with van der Waals surface area (Å²) in [4.78, 5) is 34.9. The number of aryl methyl sites for hydroxylation is 1. The van der Waals surface area contributed by atoms with Crippen molar-refractivity contribution in [1.29, 1.82) is 0 Å². The number of hydrogen-bond acceptors (Lipinski definition) is 6. The number of rotatable bonds is 8. The fraction of sp³-hybridized carbons (Fsp3) is 0.238. The molecule has 7 nitrogen and oxygen atoms in total. The third-order valence-corrected chi connectivity index (χ3v) is 4.99. The lowest BCUT2D eigenvalue weighted by molar-refractivity contribution is -0.123. The minimum absolute atomic E-state index is 0.0797. The first-order valence-corrected chi connectivity index (χ1v) is 10.0. The van der Waals surface area contributed by atoms with Crippen LogP contribution in [0.1, 0.15) is 22.2 Å². The molecule has 0 aliphatic carbocycles. The molecule has 0 saturated heterocycles. The molecule has 0 aliphatic rings. The van der Waals surface area contributed by atoms with E-state index >= 15 is 0 Å². The van der Waals surface area contributed by atoms with Crippen LogP contribution < -0.4 is 10.6 Å². The van der Waals surface area contributed by atoms with Gasteiger partial charge in [-0.05, 0) is 37.2 Å². The Hall–Kier alpha value is -3.10. The zero-order valence-electron chi connectivity index (χ0n) is 16.3. The fourth-order valence-electron chi connectivity index (χ4n) is 2.85. The molecule has 1 atom stereocenters. The summed E-state index contributed by atoms with van der Waals surface area (Å²) in [7, 11) is 1.73. The summed E-state index contributed by atoms with van der Waals surface area (Å²) < 4.78 is 0. The van der Waals surface area contributed by atoms with Crippen molar-refractivity contribution in [3.8, 4) is 0 Å². The molecule has 8 heteroatoms. The van der Waals surface area contributed by atoms with Gasteiger partial charge in [0.2, 0.25) is 11.8 Å². The summed E-state index contributed by atoms with van der Waals surface area (Å²) >= 11 is 1.49. The van der Waals surface area contributed by atoms with E-state index in [9.17, 15) is 9.59 Å². The molecule has 2 heterocycles. The predicted molar refractivity (Wildman–Crippen MR) is 114 cm³/mol. The number of nitrogens with one attached hydrogen (secondary N) is 2. The largest absolute Gasteiger partial charge is 0.342 e. The van der Waals surface area contributed by atoms with Crippen molar-refractivity contribution in [2.45, 2.75) is 13.0 Å². The number of anilines is 1. The van der Waals surface area contributed by atoms with Gasteiger partial charge in [0.05, 0.1) is 13.1 Å². The highest BCUT2D eigenvalue weighted by Crippen LogP contribution is 2.23. The predicted octanol–water partition coefficient (Wildman–Crippen LogP) is 2.62. The summed E-state index contributed by atoms with van der Waals surface area (Å²) in [5.74, 6) is 0.0942. The van der Waals surface area contributed by atoms with Crippen molar-refractivity contribution >= 4 is 29.0 Å². The van der Waals surface area contributed by atoms with Crippen molar-refractivity contribution in [3.05, 3.63) is 76.4 Å². The van der Waals surface area contributed by atoms with E-state index in [0.717, 1.165) is 16.1 Å². The third kappa shape index (κ3) is 6.20. The van der Waals surface area contributed by atoms with Gasteiger partial charge in [0.25, 0.3) is 0 Å². The van der Waals surface area contributed by atoms with Gasteiger partial charge in [-0.2, -0.15) is 0 Å². The molecule has 1 aromatic carbocycles. The molecule has 29 heavy (non-hydrogen) atoms. The number of aromatic nitrogens is 2. The van der Waals surface area contributed by atoms with Crippen LogP contribution in [0.25, 0.3) is 0 Å². The lowest BCUT2D eigenvalue weighted by Gasteiger charge is -2.20. The maximum Gasteiger partial charge on any atom is 0.239 e. The molecule has 1 unspecified atom stereocenters. The highest BCUT2D eigenvalue weighted by Gasteiger charge is 2.20. The van der Waals surface area contributed by atoms with Gasteiger partial charge in [0.15, 0.2) is 0 Å². The average molecular weight is 410 g/mol. The Balaban J connectivity index is 1.56. The first kappa shape index (κ1) is 20.6. The fourth-order valence-corrected chi connectivity index (χ4v) is 3.56. The van der Waals surface area contributed by atoms with Crippen LogP contribution in [0.3, 0.4) is 0 Å². The van der Waals surface area contributed by atoms with Crippen molar-refractivity contribution in [2.24, 2.45) is 0 Å². The SMILES string of the molecule is Cc1ccnc(NC(=O)CN(C)CC(=O)NC(c2ccccc2)c2nccs2)c1. The van der Waals surface area contributed by atoms with E-state index in [-0.39, 0.29) is 30.9 Å². The molecule has 150 valence electrons. The standard InChI is InChI=1S/C21H23N5O2S/c1-15-8-9-22-17(12-15)24-18(27)13-26(2)14-19(28)25-20(21-23-10-11-29-21)16-6-4-3-5-7-16/h3-12,20H,13-14H2,1-2H3,(H,25,28)(H,22,24,27). The second-order valence-corrected chi connectivity index (χ2v) is 7.65. The van der Waals surface area contributed by atoms with Crippen LogP contribution in [0.5, 0.6) is 0 Å². The number of hydrogen-bond donors (Lipinski definition) is 2. The molecule has 3 rings (SSSR count). The molecular weight excluding hydrogens is 386 g/mol. The van der Waals surface area contributed by atoms with Crippen LogP contribution in [-0.2, 0) is 9.59 Å². The molecular formula is C21H23N5O2S. The number of amides is 2. The minimum Gasteiger partial charge on any atom is -0.342 e. The average Bonchev–Trinajstić information content (AvgIpc) is 3.21. The van der Waals surface area contributed by atoms with E-state index in [1.54, 1.807) is 30.4 Å². The first-order valence-electron chi connectivity index (χ1n) is 9.16. The number of carbonyl (C=O) groups is 2. The minimum atomic E-state index is -0.317. The number of carbonyl (C=O) groups excluding carboxylic acids is 2. The second kappa shape index (κ2) is 9.90. The van der Waals surface area contributed by atoms with Crippen LogP contribution in [0.4, 0.5) is 5.82 Å². The quantitative estimate of drug-likeness (QED) is 0.597. The molecule has 0 saturated carbocycles. The number of pyridine rings is 1. The molecule has 0 radical (unpaired) electrons. The normalized spacial score (nSPS) is 11.8. The lowest BCUT2D eigenvalue weighted by atomic mass is 10.1. The Morgan fingerprint density at radius 1 is 1.07 bits per heavy atom. The third-order valence-electron chi connectivity index (χ3n) is 4.15. The second-order valence-electron chi connectivity index (χ2n) is 6.72. The van der Waals surface area contributed by atoms with E-state index in [0.29, 0.717) is 5.82 Å².